The Bertz CT molecular complexity index is 1850. The lowest BCUT2D eigenvalue weighted by Gasteiger charge is -2.16. The number of nitrogens with zero attached hydrogens (tertiary/aromatic N) is 2. The summed E-state index contributed by atoms with van der Waals surface area (Å²) in [7, 11) is 0. The molecule has 0 aliphatic rings. The van der Waals surface area contributed by atoms with Crippen molar-refractivity contribution in [3.63, 3.8) is 0 Å². The third-order valence-electron chi connectivity index (χ3n) is 6.98. The van der Waals surface area contributed by atoms with E-state index < -0.39 is 6.04 Å². The molecule has 2 aromatic heterocycles. The predicted octanol–water partition coefficient (Wildman–Crippen LogP) is 6.63. The minimum absolute atomic E-state index is 0.00924. The van der Waals surface area contributed by atoms with Crippen molar-refractivity contribution < 1.29 is 13.8 Å². The number of hydrogen-bond acceptors (Lipinski definition) is 3. The van der Waals surface area contributed by atoms with Crippen molar-refractivity contribution >= 4 is 43.7 Å². The molecule has 5 nitrogen and oxygen atoms in total. The molecule has 0 spiro atoms. The predicted molar refractivity (Wildman–Crippen MR) is 152 cm³/mol. The van der Waals surface area contributed by atoms with Gasteiger partial charge in [-0.25, -0.2) is 13.9 Å². The average molecular weight is 564 g/mol. The lowest BCUT2D eigenvalue weighted by Crippen LogP contribution is -2.41. The maximum absolute atomic E-state index is 13.4. The third kappa shape index (κ3) is 4.27. The van der Waals surface area contributed by atoms with Crippen LogP contribution in [-0.4, -0.2) is 10.4 Å². The molecular weight excluding hydrogens is 540 g/mol. The lowest BCUT2D eigenvalue weighted by atomic mass is 9.98. The third-order valence-corrected chi connectivity index (χ3v) is 7.50. The highest BCUT2D eigenvalue weighted by Gasteiger charge is 2.33. The molecule has 4 aromatic carbocycles. The van der Waals surface area contributed by atoms with Gasteiger partial charge in [0.15, 0.2) is 23.6 Å². The molecule has 0 N–H and O–H groups in total. The van der Waals surface area contributed by atoms with Gasteiger partial charge in [-0.15, -0.1) is 0 Å². The summed E-state index contributed by atoms with van der Waals surface area (Å²) in [5, 5.41) is 0.857. The molecule has 1 atom stereocenters. The van der Waals surface area contributed by atoms with Gasteiger partial charge in [-0.05, 0) is 36.4 Å². The second-order valence-electron chi connectivity index (χ2n) is 9.26. The summed E-state index contributed by atoms with van der Waals surface area (Å²) in [6.45, 7) is 2.17. The lowest BCUT2D eigenvalue weighted by molar-refractivity contribution is -0.664. The van der Waals surface area contributed by atoms with Crippen LogP contribution >= 0.6 is 15.9 Å². The number of fused-ring (bicyclic) bond motifs is 2. The molecule has 6 aromatic rings. The van der Waals surface area contributed by atoms with Gasteiger partial charge in [0, 0.05) is 27.9 Å². The smallest absolute Gasteiger partial charge is 0.344 e. The molecular formula is C32H24BrN2O3+. The molecule has 0 aliphatic carbocycles. The van der Waals surface area contributed by atoms with Crippen LogP contribution in [0.2, 0.25) is 0 Å². The molecule has 0 saturated heterocycles. The van der Waals surface area contributed by atoms with Crippen LogP contribution in [0, 0.1) is 6.92 Å². The number of benzene rings is 4. The molecule has 1 unspecified atom stereocenters. The van der Waals surface area contributed by atoms with Gasteiger partial charge in [-0.2, -0.15) is 0 Å². The summed E-state index contributed by atoms with van der Waals surface area (Å²) in [5.74, 6) is 0.869. The van der Waals surface area contributed by atoms with E-state index in [9.17, 15) is 9.59 Å². The van der Waals surface area contributed by atoms with E-state index in [-0.39, 0.29) is 18.0 Å². The largest absolute Gasteiger partial charge is 0.422 e. The maximum atomic E-state index is 13.4. The van der Waals surface area contributed by atoms with Crippen LogP contribution in [0.5, 0.6) is 0 Å². The van der Waals surface area contributed by atoms with E-state index in [0.29, 0.717) is 16.7 Å². The minimum atomic E-state index is -0.453. The summed E-state index contributed by atoms with van der Waals surface area (Å²) in [5.41, 5.74) is 4.14. The van der Waals surface area contributed by atoms with Crippen LogP contribution in [0.15, 0.2) is 123 Å². The van der Waals surface area contributed by atoms with Gasteiger partial charge in [0.25, 0.3) is 5.82 Å². The molecule has 0 radical (unpaired) electrons. The number of rotatable bonds is 6. The van der Waals surface area contributed by atoms with Gasteiger partial charge in [0.1, 0.15) is 5.58 Å². The first kappa shape index (κ1) is 24.1. The van der Waals surface area contributed by atoms with Crippen LogP contribution in [0.25, 0.3) is 22.0 Å². The van der Waals surface area contributed by atoms with E-state index in [1.807, 2.05) is 115 Å². The fraction of sp³-hybridized carbons (Fsp3) is 0.0938. The van der Waals surface area contributed by atoms with E-state index >= 15 is 0 Å². The Hall–Kier alpha value is -4.29. The number of imidazole rings is 1. The topological polar surface area (TPSA) is 56.1 Å². The zero-order valence-electron chi connectivity index (χ0n) is 20.7. The van der Waals surface area contributed by atoms with Gasteiger partial charge in [-0.1, -0.05) is 88.7 Å². The first-order valence-electron chi connectivity index (χ1n) is 12.4. The minimum Gasteiger partial charge on any atom is -0.422 e. The van der Waals surface area contributed by atoms with E-state index in [1.165, 1.54) is 0 Å². The SMILES string of the molecule is Cc1n(C(c2ccccc2)c2cc3ccccc3oc2=O)c2ccccc2[n+]1CC(=O)c1ccc(Br)cc1. The molecule has 0 bridgehead atoms. The first-order valence-corrected chi connectivity index (χ1v) is 13.2. The van der Waals surface area contributed by atoms with Crippen LogP contribution in [0.1, 0.15) is 33.4 Å². The maximum Gasteiger partial charge on any atom is 0.344 e. The Morgan fingerprint density at radius 3 is 2.37 bits per heavy atom. The Balaban J connectivity index is 1.57. The molecule has 38 heavy (non-hydrogen) atoms. The van der Waals surface area contributed by atoms with Crippen molar-refractivity contribution in [3.05, 3.63) is 147 Å². The number of carbonyl (C=O) groups excluding carboxylic acids is 1. The molecule has 2 heterocycles. The average Bonchev–Trinajstić information content (AvgIpc) is 3.21. The van der Waals surface area contributed by atoms with Crippen LogP contribution < -0.4 is 10.2 Å². The normalized spacial score (nSPS) is 12.2. The number of para-hydroxylation sites is 3. The Labute approximate surface area is 227 Å². The highest BCUT2D eigenvalue weighted by atomic mass is 79.9. The Morgan fingerprint density at radius 2 is 1.58 bits per heavy atom. The summed E-state index contributed by atoms with van der Waals surface area (Å²) in [6.07, 6.45) is 0. The van der Waals surface area contributed by atoms with Crippen molar-refractivity contribution in [2.24, 2.45) is 0 Å². The van der Waals surface area contributed by atoms with Gasteiger partial charge >= 0.3 is 5.63 Å². The van der Waals surface area contributed by atoms with Crippen LogP contribution in [0.4, 0.5) is 0 Å². The van der Waals surface area contributed by atoms with Crippen molar-refractivity contribution in [3.8, 4) is 0 Å². The second-order valence-corrected chi connectivity index (χ2v) is 10.2. The number of carbonyl (C=O) groups is 1. The molecule has 0 fully saturated rings. The van der Waals surface area contributed by atoms with Crippen molar-refractivity contribution in [2.75, 3.05) is 0 Å². The molecule has 0 aliphatic heterocycles. The molecule has 0 amide bonds. The number of hydrogen-bond donors (Lipinski definition) is 0. The number of halogens is 1. The van der Waals surface area contributed by atoms with Gasteiger partial charge < -0.3 is 4.42 Å². The first-order chi connectivity index (χ1) is 18.5. The van der Waals surface area contributed by atoms with E-state index in [0.717, 1.165) is 32.3 Å². The highest BCUT2D eigenvalue weighted by molar-refractivity contribution is 9.10. The van der Waals surface area contributed by atoms with E-state index in [1.54, 1.807) is 6.07 Å². The molecule has 6 heteroatoms. The molecule has 6 rings (SSSR count). The van der Waals surface area contributed by atoms with Crippen LogP contribution in [-0.2, 0) is 6.54 Å². The Morgan fingerprint density at radius 1 is 0.895 bits per heavy atom. The van der Waals surface area contributed by atoms with Crippen molar-refractivity contribution in [1.82, 2.24) is 4.57 Å². The van der Waals surface area contributed by atoms with Gasteiger partial charge in [-0.3, -0.25) is 4.79 Å². The van der Waals surface area contributed by atoms with E-state index in [2.05, 4.69) is 20.5 Å². The summed E-state index contributed by atoms with van der Waals surface area (Å²) in [6, 6.07) is 34.3. The van der Waals surface area contributed by atoms with Crippen molar-refractivity contribution in [1.29, 1.82) is 0 Å². The van der Waals surface area contributed by atoms with Crippen LogP contribution in [0.3, 0.4) is 0 Å². The van der Waals surface area contributed by atoms with E-state index in [4.69, 9.17) is 4.42 Å². The highest BCUT2D eigenvalue weighted by Crippen LogP contribution is 2.31. The number of aromatic nitrogens is 2. The fourth-order valence-electron chi connectivity index (χ4n) is 5.14. The molecule has 186 valence electrons. The van der Waals surface area contributed by atoms with Gasteiger partial charge in [0.05, 0.1) is 5.56 Å². The molecule has 0 saturated carbocycles. The van der Waals surface area contributed by atoms with Gasteiger partial charge in [0.2, 0.25) is 5.78 Å². The fourth-order valence-corrected chi connectivity index (χ4v) is 5.41. The zero-order valence-corrected chi connectivity index (χ0v) is 22.3. The summed E-state index contributed by atoms with van der Waals surface area (Å²) >= 11 is 3.44. The summed E-state index contributed by atoms with van der Waals surface area (Å²) < 4.78 is 10.9. The standard InChI is InChI=1S/C32H24BrN2O3/c1-21-34(20-29(36)22-15-17-25(33)18-16-22)27-12-6-7-13-28(27)35(21)31(23-9-3-2-4-10-23)26-19-24-11-5-8-14-30(24)38-32(26)37/h2-19,31H,20H2,1H3/q+1. The Kier molecular flexibility index (Phi) is 6.26. The summed E-state index contributed by atoms with van der Waals surface area (Å²) in [4.78, 5) is 26.8. The monoisotopic (exact) mass is 563 g/mol. The quantitative estimate of drug-likeness (QED) is 0.130. The number of Topliss-reactive ketones (excluding diaryl/α,β-unsaturated/α-hetero) is 1. The van der Waals surface area contributed by atoms with Crippen molar-refractivity contribution in [2.45, 2.75) is 19.5 Å². The number of ketones is 1. The zero-order chi connectivity index (χ0) is 26.2. The second kappa shape index (κ2) is 9.88.